The molecule has 166 valence electrons. The van der Waals surface area contributed by atoms with Crippen LogP contribution in [-0.2, 0) is 14.3 Å². The summed E-state index contributed by atoms with van der Waals surface area (Å²) < 4.78 is 11.7. The maximum Gasteiger partial charge on any atom is 0.225 e. The van der Waals surface area contributed by atoms with Gasteiger partial charge in [0.15, 0.2) is 5.96 Å². The lowest BCUT2D eigenvalue weighted by Crippen LogP contribution is -2.53. The van der Waals surface area contributed by atoms with Crippen LogP contribution in [-0.4, -0.2) is 86.9 Å². The van der Waals surface area contributed by atoms with Crippen LogP contribution in [0.3, 0.4) is 0 Å². The molecule has 2 aliphatic heterocycles. The smallest absolute Gasteiger partial charge is 0.225 e. The number of carbonyl (C=O) groups excluding carboxylic acids is 1. The zero-order chi connectivity index (χ0) is 20.5. The van der Waals surface area contributed by atoms with Crippen LogP contribution in [0.5, 0.6) is 0 Å². The number of likely N-dealkylation sites (tertiary alicyclic amines) is 1. The fourth-order valence-electron chi connectivity index (χ4n) is 4.84. The van der Waals surface area contributed by atoms with Crippen LogP contribution in [0.4, 0.5) is 0 Å². The molecule has 1 amide bonds. The number of nitrogens with one attached hydrogen (secondary N) is 1. The Bertz CT molecular complexity index is 534. The molecule has 0 aromatic rings. The van der Waals surface area contributed by atoms with Gasteiger partial charge in [-0.15, -0.1) is 0 Å². The van der Waals surface area contributed by atoms with E-state index in [9.17, 15) is 4.79 Å². The number of morpholine rings is 1. The minimum absolute atomic E-state index is 0.0468. The molecule has 0 atom stereocenters. The number of amides is 1. The number of hydrogen-bond donors (Lipinski definition) is 1. The summed E-state index contributed by atoms with van der Waals surface area (Å²) in [5.41, 5.74) is -0.0468. The summed E-state index contributed by atoms with van der Waals surface area (Å²) >= 11 is 0. The zero-order valence-electron chi connectivity index (χ0n) is 18.5. The van der Waals surface area contributed by atoms with E-state index < -0.39 is 0 Å². The lowest BCUT2D eigenvalue weighted by molar-refractivity contribution is -0.140. The Hall–Kier alpha value is -1.34. The molecule has 1 aliphatic carbocycles. The van der Waals surface area contributed by atoms with Crippen molar-refractivity contribution in [1.29, 1.82) is 0 Å². The highest BCUT2D eigenvalue weighted by atomic mass is 16.5. The minimum Gasteiger partial charge on any atom is -0.378 e. The first-order valence-electron chi connectivity index (χ1n) is 11.6. The first-order valence-corrected chi connectivity index (χ1v) is 11.6. The molecule has 3 rings (SSSR count). The summed E-state index contributed by atoms with van der Waals surface area (Å²) in [6, 6.07) is 0. The molecule has 0 aromatic carbocycles. The number of nitrogens with zero attached hydrogens (tertiary/aromatic N) is 3. The molecule has 0 unspecified atom stereocenters. The van der Waals surface area contributed by atoms with Crippen LogP contribution >= 0.6 is 0 Å². The molecule has 3 aliphatic rings. The van der Waals surface area contributed by atoms with E-state index in [2.05, 4.69) is 22.1 Å². The Morgan fingerprint density at radius 2 is 1.79 bits per heavy atom. The largest absolute Gasteiger partial charge is 0.378 e. The van der Waals surface area contributed by atoms with Gasteiger partial charge in [-0.3, -0.25) is 9.79 Å². The average molecular weight is 409 g/mol. The van der Waals surface area contributed by atoms with E-state index in [-0.39, 0.29) is 11.5 Å². The molecular formula is C22H40N4O3. The molecule has 0 radical (unpaired) electrons. The Kier molecular flexibility index (Phi) is 8.60. The number of guanidine groups is 1. The van der Waals surface area contributed by atoms with Gasteiger partial charge in [0.25, 0.3) is 0 Å². The number of carbonyl (C=O) groups is 1. The average Bonchev–Trinajstić information content (AvgIpc) is 2.79. The van der Waals surface area contributed by atoms with Crippen LogP contribution < -0.4 is 5.32 Å². The highest BCUT2D eigenvalue weighted by Gasteiger charge is 2.34. The second-order valence-corrected chi connectivity index (χ2v) is 8.69. The van der Waals surface area contributed by atoms with Crippen LogP contribution in [0, 0.1) is 5.92 Å². The van der Waals surface area contributed by atoms with Gasteiger partial charge in [-0.2, -0.15) is 0 Å². The predicted octanol–water partition coefficient (Wildman–Crippen LogP) is 2.26. The highest BCUT2D eigenvalue weighted by molar-refractivity contribution is 5.81. The molecule has 3 fully saturated rings. The summed E-state index contributed by atoms with van der Waals surface area (Å²) in [4.78, 5) is 21.6. The van der Waals surface area contributed by atoms with E-state index in [4.69, 9.17) is 9.47 Å². The molecule has 29 heavy (non-hydrogen) atoms. The summed E-state index contributed by atoms with van der Waals surface area (Å²) in [5.74, 6) is 1.40. The first-order chi connectivity index (χ1) is 14.2. The lowest BCUT2D eigenvalue weighted by Gasteiger charge is -2.40. The topological polar surface area (TPSA) is 66.4 Å². The Balaban J connectivity index is 1.48. The highest BCUT2D eigenvalue weighted by Crippen LogP contribution is 2.31. The Morgan fingerprint density at radius 1 is 1.10 bits per heavy atom. The van der Waals surface area contributed by atoms with E-state index >= 15 is 0 Å². The summed E-state index contributed by atoms with van der Waals surface area (Å²) in [6.07, 6.45) is 8.93. The number of aliphatic imine (C=N–C) groups is 1. The monoisotopic (exact) mass is 408 g/mol. The zero-order valence-corrected chi connectivity index (χ0v) is 18.5. The number of hydrogen-bond acceptors (Lipinski definition) is 4. The SMILES string of the molecule is CCCOC1(CNC(=NC)N2CCC(C(=O)N3CCOCC3)CC2)CCCCC1. The first kappa shape index (κ1) is 22.3. The van der Waals surface area contributed by atoms with Gasteiger partial charge < -0.3 is 24.6 Å². The van der Waals surface area contributed by atoms with Gasteiger partial charge in [0.05, 0.1) is 18.8 Å². The maximum atomic E-state index is 12.8. The molecule has 2 heterocycles. The molecule has 7 nitrogen and oxygen atoms in total. The van der Waals surface area contributed by atoms with Gasteiger partial charge in [-0.05, 0) is 32.1 Å². The summed E-state index contributed by atoms with van der Waals surface area (Å²) in [6.45, 7) is 8.40. The number of ether oxygens (including phenoxy) is 2. The summed E-state index contributed by atoms with van der Waals surface area (Å²) in [7, 11) is 1.85. The quantitative estimate of drug-likeness (QED) is 0.539. The van der Waals surface area contributed by atoms with Gasteiger partial charge in [-0.25, -0.2) is 0 Å². The van der Waals surface area contributed by atoms with E-state index in [0.29, 0.717) is 19.1 Å². The lowest BCUT2D eigenvalue weighted by atomic mass is 9.84. The van der Waals surface area contributed by atoms with Crippen molar-refractivity contribution in [3.05, 3.63) is 0 Å². The van der Waals surface area contributed by atoms with Crippen LogP contribution in [0.2, 0.25) is 0 Å². The van der Waals surface area contributed by atoms with Crippen LogP contribution in [0.25, 0.3) is 0 Å². The molecule has 0 aromatic heterocycles. The fraction of sp³-hybridized carbons (Fsp3) is 0.909. The van der Waals surface area contributed by atoms with Crippen molar-refractivity contribution in [1.82, 2.24) is 15.1 Å². The molecule has 0 spiro atoms. The molecule has 7 heteroatoms. The van der Waals surface area contributed by atoms with Crippen molar-refractivity contribution < 1.29 is 14.3 Å². The second-order valence-electron chi connectivity index (χ2n) is 8.69. The molecule has 1 N–H and O–H groups in total. The van der Waals surface area contributed by atoms with Gasteiger partial charge >= 0.3 is 0 Å². The van der Waals surface area contributed by atoms with E-state index in [0.717, 1.165) is 77.4 Å². The second kappa shape index (κ2) is 11.2. The van der Waals surface area contributed by atoms with Crippen molar-refractivity contribution in [2.45, 2.75) is 63.9 Å². The van der Waals surface area contributed by atoms with Crippen molar-refractivity contribution in [2.75, 3.05) is 59.6 Å². The minimum atomic E-state index is -0.0468. The van der Waals surface area contributed by atoms with Crippen molar-refractivity contribution in [3.8, 4) is 0 Å². The maximum absolute atomic E-state index is 12.8. The van der Waals surface area contributed by atoms with Crippen molar-refractivity contribution in [3.63, 3.8) is 0 Å². The van der Waals surface area contributed by atoms with Gasteiger partial charge in [0.2, 0.25) is 5.91 Å². The van der Waals surface area contributed by atoms with E-state index in [1.165, 1.54) is 19.3 Å². The molecular weight excluding hydrogens is 368 g/mol. The number of rotatable bonds is 6. The predicted molar refractivity (Wildman–Crippen MR) is 115 cm³/mol. The normalized spacial score (nSPS) is 23.9. The van der Waals surface area contributed by atoms with Crippen molar-refractivity contribution >= 4 is 11.9 Å². The van der Waals surface area contributed by atoms with Gasteiger partial charge in [0.1, 0.15) is 0 Å². The Morgan fingerprint density at radius 3 is 2.41 bits per heavy atom. The third-order valence-electron chi connectivity index (χ3n) is 6.62. The standard InChI is InChI=1S/C22H40N4O3/c1-3-15-29-22(9-5-4-6-10-22)18-24-21(23-2)26-11-7-19(8-12-26)20(27)25-13-16-28-17-14-25/h19H,3-18H2,1-2H3,(H,23,24). The molecule has 1 saturated carbocycles. The molecule has 0 bridgehead atoms. The van der Waals surface area contributed by atoms with E-state index in [1.54, 1.807) is 0 Å². The number of piperidine rings is 1. The molecule has 2 saturated heterocycles. The third kappa shape index (κ3) is 6.07. The van der Waals surface area contributed by atoms with Crippen molar-refractivity contribution in [2.24, 2.45) is 10.9 Å². The van der Waals surface area contributed by atoms with Gasteiger partial charge in [-0.1, -0.05) is 26.2 Å². The van der Waals surface area contributed by atoms with Crippen LogP contribution in [0.15, 0.2) is 4.99 Å². The fourth-order valence-corrected chi connectivity index (χ4v) is 4.84. The van der Waals surface area contributed by atoms with Gasteiger partial charge in [0, 0.05) is 52.3 Å². The summed E-state index contributed by atoms with van der Waals surface area (Å²) in [5, 5.41) is 3.61. The van der Waals surface area contributed by atoms with E-state index in [1.807, 2.05) is 11.9 Å². The van der Waals surface area contributed by atoms with Crippen LogP contribution in [0.1, 0.15) is 58.3 Å². The third-order valence-corrected chi connectivity index (χ3v) is 6.62. The Labute approximate surface area is 176 Å².